The van der Waals surface area contributed by atoms with Crippen LogP contribution < -0.4 is 0 Å². The number of rotatable bonds is 1. The Balaban J connectivity index is -0.0000000535. The molecule has 0 aromatic rings. The van der Waals surface area contributed by atoms with Gasteiger partial charge in [-0.15, -0.1) is 0 Å². The lowest BCUT2D eigenvalue weighted by Gasteiger charge is -2.19. The molecule has 0 saturated carbocycles. The van der Waals surface area contributed by atoms with Crippen LogP contribution >= 0.6 is 24.0 Å². The number of thiocarbonyl (C=S) groups is 1. The molecule has 0 aliphatic heterocycles. The topological polar surface area (TPSA) is 124 Å². The summed E-state index contributed by atoms with van der Waals surface area (Å²) in [6.45, 7) is 113. The molecule has 1 N–H and O–H groups in total. The first-order chi connectivity index (χ1) is 34.9. The number of carbonyl (C=O) groups excluding carboxylic acids is 3. The van der Waals surface area contributed by atoms with E-state index < -0.39 is 14.9 Å². The van der Waals surface area contributed by atoms with Gasteiger partial charge in [-0.1, -0.05) is 303 Å². The summed E-state index contributed by atoms with van der Waals surface area (Å²) in [5.74, 6) is 0.0509. The maximum atomic E-state index is 10.5. The van der Waals surface area contributed by atoms with Crippen LogP contribution in [-0.2, 0) is 34.0 Å². The molecule has 0 aliphatic rings. The summed E-state index contributed by atoms with van der Waals surface area (Å²) in [6.07, 6.45) is 0.687. The Morgan fingerprint density at radius 2 is 0.482 bits per heavy atom. The van der Waals surface area contributed by atoms with Crippen LogP contribution in [0.5, 0.6) is 0 Å². The molecule has 0 unspecified atom stereocenters. The highest BCUT2D eigenvalue weighted by molar-refractivity contribution is 8.14. The van der Waals surface area contributed by atoms with Gasteiger partial charge in [0.1, 0.15) is 17.0 Å². The first-order valence-corrected chi connectivity index (χ1v) is 33.6. The molecule has 0 saturated heterocycles. The number of ether oxygens (including phenoxy) is 2. The van der Waals surface area contributed by atoms with Gasteiger partial charge in [0.25, 0.3) is 10.1 Å². The largest absolute Gasteiger partial charge is 0.482 e. The maximum Gasteiger partial charge on any atom is 0.303 e. The number of ketones is 1. The number of hydrogen-bond donors (Lipinski definition) is 1. The van der Waals surface area contributed by atoms with E-state index in [4.69, 9.17) is 26.2 Å². The molecule has 0 aliphatic carbocycles. The number of thioether (sulfide) groups is 1. The Labute approximate surface area is 551 Å². The average molecular weight is 1280 g/mol. The van der Waals surface area contributed by atoms with Crippen LogP contribution in [0.4, 0.5) is 0 Å². The van der Waals surface area contributed by atoms with E-state index in [-0.39, 0.29) is 38.2 Å². The second-order valence-corrected chi connectivity index (χ2v) is 45.9. The van der Waals surface area contributed by atoms with Crippen LogP contribution in [0.25, 0.3) is 0 Å². The smallest absolute Gasteiger partial charge is 0.303 e. The van der Waals surface area contributed by atoms with Crippen LogP contribution in [0, 0.1) is 54.1 Å². The fourth-order valence-electron chi connectivity index (χ4n) is 2.04. The maximum absolute atomic E-state index is 10.5. The zero-order chi connectivity index (χ0) is 74.6. The van der Waals surface area contributed by atoms with Crippen molar-refractivity contribution in [3.63, 3.8) is 0 Å². The first kappa shape index (κ1) is 118. The summed E-state index contributed by atoms with van der Waals surface area (Å²) >= 11 is 6.09. The quantitative estimate of drug-likeness (QED) is 0.154. The van der Waals surface area contributed by atoms with Crippen LogP contribution in [-0.4, -0.2) is 55.6 Å². The average Bonchev–Trinajstić information content (AvgIpc) is 2.88. The third-order valence-electron chi connectivity index (χ3n) is 2.90. The van der Waals surface area contributed by atoms with Crippen molar-refractivity contribution < 1.29 is 36.8 Å². The SMILES string of the molecule is CC(=O)CC(C)(C)C.CC(=O)OC(C)(C)C.CC(=O)SC(C)(C)C.CC(=S)OC(C)(C)C.CC(C)(C)C.CC(C)(C)C.CC(C)(C)C.CC(C)(C)C.CC(C)(C)C.CC(C)(C)C.CC(C)(C)C.CC(C)(C)C.CC(C)(C)C.CC(C)(C)S(=O)(=O)O. The molecular weight excluding hydrogens is 1110 g/mol. The van der Waals surface area contributed by atoms with Gasteiger partial charge in [0.15, 0.2) is 10.2 Å². The van der Waals surface area contributed by atoms with Crippen molar-refractivity contribution >= 4 is 56.0 Å². The Kier molecular flexibility index (Phi) is 70.3. The number of esters is 1. The van der Waals surface area contributed by atoms with E-state index in [2.05, 4.69) is 270 Å². The van der Waals surface area contributed by atoms with E-state index in [1.807, 2.05) is 62.3 Å². The van der Waals surface area contributed by atoms with Crippen molar-refractivity contribution in [3.05, 3.63) is 0 Å². The lowest BCUT2D eigenvalue weighted by Crippen LogP contribution is -2.26. The van der Waals surface area contributed by atoms with Gasteiger partial charge >= 0.3 is 5.97 Å². The molecule has 0 aromatic heterocycles. The fourth-order valence-corrected chi connectivity index (χ4v) is 3.15. The molecule has 11 heteroatoms. The second kappa shape index (κ2) is 50.6. The van der Waals surface area contributed by atoms with Gasteiger partial charge in [-0.2, -0.15) is 8.42 Å². The van der Waals surface area contributed by atoms with Crippen LogP contribution in [0.3, 0.4) is 0 Å². The molecule has 0 amide bonds. The summed E-state index contributed by atoms with van der Waals surface area (Å²) in [7, 11) is -3.84. The second-order valence-electron chi connectivity index (χ2n) is 41.1. The molecular formula is C74H168O8S3. The lowest BCUT2D eigenvalue weighted by atomic mass is 9.91. The van der Waals surface area contributed by atoms with Gasteiger partial charge < -0.3 is 14.3 Å². The highest BCUT2D eigenvalue weighted by Crippen LogP contribution is 2.23. The van der Waals surface area contributed by atoms with E-state index in [1.54, 1.807) is 20.8 Å². The standard InChI is InChI=1S/C7H14O.C6H12O2.2C6H12OS.9C5H12.C4H10O3S/c1-6(8)5-7(2,3)4;2*1-5(7)8-6(2,3)4;1-5(8)7-6(2,3)4;9*1-5(2,3)4;1-4(2,3)8(5,6)7/h5H2,1-4H3;3*1-4H3;9*1-4H3;1-3H3,(H,5,6,7). The highest BCUT2D eigenvalue weighted by atomic mass is 32.2. The van der Waals surface area contributed by atoms with E-state index in [1.165, 1.54) is 39.5 Å². The zero-order valence-electron chi connectivity index (χ0n) is 69.2. The molecule has 0 spiro atoms. The van der Waals surface area contributed by atoms with Crippen molar-refractivity contribution in [1.29, 1.82) is 0 Å². The summed E-state index contributed by atoms with van der Waals surface area (Å²) in [5, 5.41) is 0.801. The van der Waals surface area contributed by atoms with Gasteiger partial charge in [-0.05, 0) is 136 Å². The molecule has 8 nitrogen and oxygen atoms in total. The number of hydrogen-bond acceptors (Lipinski definition) is 9. The van der Waals surface area contributed by atoms with E-state index in [0.717, 1.165) is 0 Å². The third-order valence-corrected chi connectivity index (χ3v) is 5.43. The van der Waals surface area contributed by atoms with Gasteiger partial charge in [0.2, 0.25) is 0 Å². The van der Waals surface area contributed by atoms with E-state index in [9.17, 15) is 22.8 Å². The third kappa shape index (κ3) is 696. The number of Topliss-reactive ketones (excluding diaryl/α,β-unsaturated/α-hetero) is 1. The minimum atomic E-state index is -3.84. The molecule has 0 heterocycles. The Bertz CT molecular complexity index is 1330. The highest BCUT2D eigenvalue weighted by Gasteiger charge is 2.25. The zero-order valence-corrected chi connectivity index (χ0v) is 71.7. The van der Waals surface area contributed by atoms with Gasteiger partial charge in [0.05, 0.1) is 4.75 Å². The summed E-state index contributed by atoms with van der Waals surface area (Å²) in [6, 6.07) is 0. The molecule has 0 aromatic carbocycles. The Hall–Kier alpha value is -1.04. The minimum absolute atomic E-state index is 0.0891. The molecule has 0 fully saturated rings. The van der Waals surface area contributed by atoms with E-state index >= 15 is 0 Å². The fraction of sp³-hybridized carbons (Fsp3) is 0.946. The molecule has 530 valence electrons. The van der Waals surface area contributed by atoms with Gasteiger partial charge in [0, 0.05) is 31.9 Å². The summed E-state index contributed by atoms with van der Waals surface area (Å²) in [4.78, 5) is 31.1. The van der Waals surface area contributed by atoms with Crippen LogP contribution in [0.1, 0.15) is 387 Å². The Morgan fingerprint density at radius 1 is 0.341 bits per heavy atom. The van der Waals surface area contributed by atoms with Crippen LogP contribution in [0.2, 0.25) is 0 Å². The minimum Gasteiger partial charge on any atom is -0.482 e. The number of carbonyl (C=O) groups is 3. The van der Waals surface area contributed by atoms with Crippen molar-refractivity contribution in [3.8, 4) is 0 Å². The lowest BCUT2D eigenvalue weighted by molar-refractivity contribution is -0.151. The van der Waals surface area contributed by atoms with Crippen molar-refractivity contribution in [2.75, 3.05) is 0 Å². The van der Waals surface area contributed by atoms with Crippen molar-refractivity contribution in [1.82, 2.24) is 0 Å². The molecule has 0 rings (SSSR count). The van der Waals surface area contributed by atoms with E-state index in [0.29, 0.717) is 60.2 Å². The first-order valence-electron chi connectivity index (χ1n) is 31.0. The Morgan fingerprint density at radius 3 is 0.482 bits per heavy atom. The predicted molar refractivity (Wildman–Crippen MR) is 401 cm³/mol. The molecule has 0 bridgehead atoms. The molecule has 0 radical (unpaired) electrons. The summed E-state index contributed by atoms with van der Waals surface area (Å²) in [5.41, 5.74) is 4.23. The molecule has 0 atom stereocenters. The normalized spacial score (nSPS) is 11.9. The van der Waals surface area contributed by atoms with Gasteiger partial charge in [-0.3, -0.25) is 14.1 Å². The van der Waals surface area contributed by atoms with Crippen molar-refractivity contribution in [2.24, 2.45) is 54.1 Å². The predicted octanol–water partition coefficient (Wildman–Crippen LogP) is 26.7. The summed E-state index contributed by atoms with van der Waals surface area (Å²) < 4.78 is 37.8. The van der Waals surface area contributed by atoms with Gasteiger partial charge in [-0.25, -0.2) is 0 Å². The molecule has 85 heavy (non-hydrogen) atoms. The monoisotopic (exact) mass is 1280 g/mol. The van der Waals surface area contributed by atoms with Crippen molar-refractivity contribution in [2.45, 2.75) is 408 Å². The van der Waals surface area contributed by atoms with Crippen LogP contribution in [0.15, 0.2) is 0 Å².